The summed E-state index contributed by atoms with van der Waals surface area (Å²) in [5.74, 6) is 1.95. The van der Waals surface area contributed by atoms with Crippen molar-refractivity contribution in [3.8, 4) is 45.3 Å². The normalized spacial score (nSPS) is 11.6. The number of rotatable bonds is 4. The van der Waals surface area contributed by atoms with Gasteiger partial charge in [-0.25, -0.2) is 15.0 Å². The minimum absolute atomic E-state index is 0.648. The van der Waals surface area contributed by atoms with Crippen LogP contribution < -0.4 is 0 Å². The summed E-state index contributed by atoms with van der Waals surface area (Å²) in [4.78, 5) is 14.9. The van der Waals surface area contributed by atoms with E-state index in [1.165, 1.54) is 16.3 Å². The Balaban J connectivity index is 1.27. The largest absolute Gasteiger partial charge is 0.456 e. The van der Waals surface area contributed by atoms with Crippen LogP contribution in [0.4, 0.5) is 0 Å². The topological polar surface area (TPSA) is 51.8 Å². The van der Waals surface area contributed by atoms with Gasteiger partial charge in [-0.3, -0.25) is 0 Å². The Bertz CT molecular complexity index is 2480. The van der Waals surface area contributed by atoms with E-state index in [1.807, 2.05) is 72.8 Å². The highest BCUT2D eigenvalue weighted by molar-refractivity contribution is 6.22. The van der Waals surface area contributed by atoms with E-state index < -0.39 is 0 Å². The van der Waals surface area contributed by atoms with Gasteiger partial charge in [0.15, 0.2) is 17.5 Å². The summed E-state index contributed by atoms with van der Waals surface area (Å²) in [7, 11) is 0. The predicted molar refractivity (Wildman–Crippen MR) is 184 cm³/mol. The Labute approximate surface area is 259 Å². The Morgan fingerprint density at radius 1 is 0.311 bits per heavy atom. The van der Waals surface area contributed by atoms with E-state index in [1.54, 1.807) is 0 Å². The number of furan rings is 1. The molecule has 4 nitrogen and oxygen atoms in total. The molecule has 0 aliphatic rings. The molecule has 2 aromatic heterocycles. The van der Waals surface area contributed by atoms with Crippen LogP contribution in [0.15, 0.2) is 156 Å². The zero-order chi connectivity index (χ0) is 29.7. The van der Waals surface area contributed by atoms with Crippen LogP contribution >= 0.6 is 0 Å². The molecule has 45 heavy (non-hydrogen) atoms. The van der Waals surface area contributed by atoms with Crippen molar-refractivity contribution in [1.82, 2.24) is 15.0 Å². The standard InChI is InChI=1S/C41H25N3O/c1-3-12-26(13-4-1)39-42-40(27-14-5-2-6-15-27)44-41(43-39)34-23-22-31(28-16-7-8-17-30(28)34)29-19-11-20-33-32(29)24-25-37-38(33)35-18-9-10-21-36(35)45-37/h1-25H. The minimum Gasteiger partial charge on any atom is -0.456 e. The zero-order valence-corrected chi connectivity index (χ0v) is 24.2. The monoisotopic (exact) mass is 575 g/mol. The first-order valence-electron chi connectivity index (χ1n) is 15.0. The van der Waals surface area contributed by atoms with E-state index >= 15 is 0 Å². The predicted octanol–water partition coefficient (Wildman–Crippen LogP) is 10.7. The van der Waals surface area contributed by atoms with Gasteiger partial charge in [-0.05, 0) is 50.9 Å². The quantitative estimate of drug-likeness (QED) is 0.209. The summed E-state index contributed by atoms with van der Waals surface area (Å²) >= 11 is 0. The van der Waals surface area contributed by atoms with E-state index in [0.717, 1.165) is 55.0 Å². The number of hydrogen-bond acceptors (Lipinski definition) is 4. The lowest BCUT2D eigenvalue weighted by molar-refractivity contribution is 0.669. The van der Waals surface area contributed by atoms with Gasteiger partial charge in [0.2, 0.25) is 0 Å². The average Bonchev–Trinajstić information content (AvgIpc) is 3.51. The van der Waals surface area contributed by atoms with Gasteiger partial charge >= 0.3 is 0 Å². The SMILES string of the molecule is c1ccc(-c2nc(-c3ccccc3)nc(-c3ccc(-c4cccc5c4ccc4oc6ccccc6c45)c4ccccc34)n2)cc1. The van der Waals surface area contributed by atoms with Gasteiger partial charge in [0.25, 0.3) is 0 Å². The molecule has 9 aromatic rings. The second-order valence-corrected chi connectivity index (χ2v) is 11.2. The van der Waals surface area contributed by atoms with Crippen LogP contribution in [0.1, 0.15) is 0 Å². The van der Waals surface area contributed by atoms with Crippen molar-refractivity contribution in [2.45, 2.75) is 0 Å². The number of para-hydroxylation sites is 1. The maximum absolute atomic E-state index is 6.21. The third-order valence-corrected chi connectivity index (χ3v) is 8.55. The lowest BCUT2D eigenvalue weighted by Gasteiger charge is -2.14. The molecule has 0 saturated heterocycles. The molecule has 7 aromatic carbocycles. The molecule has 0 fully saturated rings. The highest BCUT2D eigenvalue weighted by atomic mass is 16.3. The molecule has 9 rings (SSSR count). The molecular formula is C41H25N3O. The fourth-order valence-electron chi connectivity index (χ4n) is 6.47. The van der Waals surface area contributed by atoms with Crippen molar-refractivity contribution in [2.75, 3.05) is 0 Å². The molecule has 0 aliphatic carbocycles. The summed E-state index contributed by atoms with van der Waals surface area (Å²) in [6.45, 7) is 0. The zero-order valence-electron chi connectivity index (χ0n) is 24.2. The summed E-state index contributed by atoms with van der Waals surface area (Å²) in [6.07, 6.45) is 0. The first kappa shape index (κ1) is 25.4. The molecule has 0 saturated carbocycles. The van der Waals surface area contributed by atoms with Crippen molar-refractivity contribution >= 4 is 43.5 Å². The fourth-order valence-corrected chi connectivity index (χ4v) is 6.47. The molecular weight excluding hydrogens is 550 g/mol. The molecule has 0 spiro atoms. The summed E-state index contributed by atoms with van der Waals surface area (Å²) < 4.78 is 6.21. The fraction of sp³-hybridized carbons (Fsp3) is 0. The van der Waals surface area contributed by atoms with Crippen molar-refractivity contribution in [3.05, 3.63) is 152 Å². The molecule has 2 heterocycles. The van der Waals surface area contributed by atoms with Gasteiger partial charge in [0.1, 0.15) is 11.2 Å². The Morgan fingerprint density at radius 3 is 1.53 bits per heavy atom. The summed E-state index contributed by atoms with van der Waals surface area (Å²) in [6, 6.07) is 52.2. The molecule has 210 valence electrons. The third-order valence-electron chi connectivity index (χ3n) is 8.55. The first-order chi connectivity index (χ1) is 22.3. The highest BCUT2D eigenvalue weighted by Gasteiger charge is 2.18. The van der Waals surface area contributed by atoms with Crippen LogP contribution in [-0.4, -0.2) is 15.0 Å². The van der Waals surface area contributed by atoms with Crippen molar-refractivity contribution in [1.29, 1.82) is 0 Å². The van der Waals surface area contributed by atoms with Gasteiger partial charge < -0.3 is 4.42 Å². The second kappa shape index (κ2) is 10.2. The molecule has 0 bridgehead atoms. The lowest BCUT2D eigenvalue weighted by atomic mass is 9.91. The lowest BCUT2D eigenvalue weighted by Crippen LogP contribution is -2.00. The molecule has 0 radical (unpaired) electrons. The average molecular weight is 576 g/mol. The van der Waals surface area contributed by atoms with Crippen molar-refractivity contribution in [3.63, 3.8) is 0 Å². The molecule has 0 N–H and O–H groups in total. The van der Waals surface area contributed by atoms with Crippen LogP contribution in [0.5, 0.6) is 0 Å². The maximum Gasteiger partial charge on any atom is 0.164 e. The minimum atomic E-state index is 0.648. The molecule has 0 unspecified atom stereocenters. The van der Waals surface area contributed by atoms with Crippen LogP contribution in [0.25, 0.3) is 88.8 Å². The van der Waals surface area contributed by atoms with E-state index in [-0.39, 0.29) is 0 Å². The Morgan fingerprint density at radius 2 is 0.822 bits per heavy atom. The van der Waals surface area contributed by atoms with E-state index in [9.17, 15) is 0 Å². The second-order valence-electron chi connectivity index (χ2n) is 11.2. The van der Waals surface area contributed by atoms with E-state index in [4.69, 9.17) is 19.4 Å². The third kappa shape index (κ3) is 4.19. The van der Waals surface area contributed by atoms with E-state index in [2.05, 4.69) is 78.9 Å². The van der Waals surface area contributed by atoms with E-state index in [0.29, 0.717) is 17.5 Å². The molecule has 0 aliphatic heterocycles. The van der Waals surface area contributed by atoms with Gasteiger partial charge in [-0.1, -0.05) is 133 Å². The van der Waals surface area contributed by atoms with Crippen molar-refractivity contribution in [2.24, 2.45) is 0 Å². The number of nitrogens with zero attached hydrogens (tertiary/aromatic N) is 3. The first-order valence-corrected chi connectivity index (χ1v) is 15.0. The van der Waals surface area contributed by atoms with Crippen LogP contribution in [-0.2, 0) is 0 Å². The number of aromatic nitrogens is 3. The Kier molecular flexibility index (Phi) is 5.78. The number of fused-ring (bicyclic) bond motifs is 6. The molecule has 0 amide bonds. The Hall–Kier alpha value is -6.13. The smallest absolute Gasteiger partial charge is 0.164 e. The van der Waals surface area contributed by atoms with Crippen LogP contribution in [0, 0.1) is 0 Å². The van der Waals surface area contributed by atoms with Gasteiger partial charge in [0, 0.05) is 27.5 Å². The number of hydrogen-bond donors (Lipinski definition) is 0. The maximum atomic E-state index is 6.21. The molecule has 4 heteroatoms. The van der Waals surface area contributed by atoms with Crippen molar-refractivity contribution < 1.29 is 4.42 Å². The van der Waals surface area contributed by atoms with Crippen LogP contribution in [0.2, 0.25) is 0 Å². The summed E-state index contributed by atoms with van der Waals surface area (Å²) in [5, 5.41) is 6.88. The van der Waals surface area contributed by atoms with Gasteiger partial charge in [0.05, 0.1) is 0 Å². The van der Waals surface area contributed by atoms with Crippen LogP contribution in [0.3, 0.4) is 0 Å². The number of benzene rings is 7. The van der Waals surface area contributed by atoms with Gasteiger partial charge in [-0.2, -0.15) is 0 Å². The molecule has 0 atom stereocenters. The highest BCUT2D eigenvalue weighted by Crippen LogP contribution is 2.41. The van der Waals surface area contributed by atoms with Gasteiger partial charge in [-0.15, -0.1) is 0 Å². The summed E-state index contributed by atoms with van der Waals surface area (Å²) in [5.41, 5.74) is 7.01.